The predicted molar refractivity (Wildman–Crippen MR) is 166 cm³/mol. The van der Waals surface area contributed by atoms with Gasteiger partial charge in [0.05, 0.1) is 27.9 Å². The van der Waals surface area contributed by atoms with Crippen LogP contribution in [0.3, 0.4) is 0 Å². The van der Waals surface area contributed by atoms with Gasteiger partial charge in [-0.3, -0.25) is 4.98 Å². The highest BCUT2D eigenvalue weighted by atomic mass is 14.7. The normalized spacial score (nSPS) is 11.5. The van der Waals surface area contributed by atoms with Crippen molar-refractivity contribution < 1.29 is 0 Å². The van der Waals surface area contributed by atoms with E-state index >= 15 is 0 Å². The van der Waals surface area contributed by atoms with E-state index in [1.54, 1.807) is 0 Å². The van der Waals surface area contributed by atoms with E-state index in [0.29, 0.717) is 0 Å². The maximum Gasteiger partial charge on any atom is 0.0780 e. The fourth-order valence-corrected chi connectivity index (χ4v) is 5.64. The van der Waals surface area contributed by atoms with Crippen molar-refractivity contribution in [3.05, 3.63) is 140 Å². The summed E-state index contributed by atoms with van der Waals surface area (Å²) in [6, 6.07) is 46.6. The number of hydrogen-bond acceptors (Lipinski definition) is 3. The lowest BCUT2D eigenvalue weighted by molar-refractivity contribution is 1.38. The van der Waals surface area contributed by atoms with Crippen molar-refractivity contribution in [3.8, 4) is 33.6 Å². The molecule has 8 aromatic rings. The zero-order valence-corrected chi connectivity index (χ0v) is 21.6. The van der Waals surface area contributed by atoms with Gasteiger partial charge in [-0.1, -0.05) is 97.1 Å². The minimum absolute atomic E-state index is 0.939. The number of fused-ring (bicyclic) bond motifs is 5. The second kappa shape index (κ2) is 9.11. The lowest BCUT2D eigenvalue weighted by atomic mass is 9.97. The molecule has 5 aromatic carbocycles. The Morgan fingerprint density at radius 2 is 1.05 bits per heavy atom. The Morgan fingerprint density at radius 1 is 0.400 bits per heavy atom. The molecule has 0 saturated carbocycles. The molecular formula is C37H23N3. The third kappa shape index (κ3) is 3.79. The van der Waals surface area contributed by atoms with Crippen molar-refractivity contribution in [2.75, 3.05) is 0 Å². The molecule has 3 heteroatoms. The molecule has 0 radical (unpaired) electrons. The molecule has 0 bridgehead atoms. The number of benzene rings is 5. The van der Waals surface area contributed by atoms with Crippen LogP contribution < -0.4 is 0 Å². The Morgan fingerprint density at radius 3 is 1.88 bits per heavy atom. The average molecular weight is 510 g/mol. The van der Waals surface area contributed by atoms with Crippen LogP contribution in [-0.4, -0.2) is 15.0 Å². The third-order valence-corrected chi connectivity index (χ3v) is 7.67. The topological polar surface area (TPSA) is 38.7 Å². The lowest BCUT2D eigenvalue weighted by Gasteiger charge is -2.11. The van der Waals surface area contributed by atoms with Crippen molar-refractivity contribution in [2.24, 2.45) is 0 Å². The monoisotopic (exact) mass is 509 g/mol. The van der Waals surface area contributed by atoms with Gasteiger partial charge < -0.3 is 0 Å². The summed E-state index contributed by atoms with van der Waals surface area (Å²) in [5.74, 6) is 0. The zero-order valence-electron chi connectivity index (χ0n) is 21.6. The molecule has 0 saturated heterocycles. The van der Waals surface area contributed by atoms with E-state index in [1.165, 1.54) is 11.1 Å². The van der Waals surface area contributed by atoms with Crippen molar-refractivity contribution >= 4 is 43.5 Å². The first-order chi connectivity index (χ1) is 19.8. The van der Waals surface area contributed by atoms with E-state index in [2.05, 4.69) is 126 Å². The van der Waals surface area contributed by atoms with E-state index < -0.39 is 0 Å². The van der Waals surface area contributed by atoms with Gasteiger partial charge in [0.25, 0.3) is 0 Å². The lowest BCUT2D eigenvalue weighted by Crippen LogP contribution is -1.91. The number of rotatable bonds is 3. The number of pyridine rings is 3. The number of aromatic nitrogens is 3. The second-order valence-electron chi connectivity index (χ2n) is 10.1. The van der Waals surface area contributed by atoms with E-state index in [0.717, 1.165) is 66.0 Å². The van der Waals surface area contributed by atoms with Crippen molar-refractivity contribution in [3.63, 3.8) is 0 Å². The summed E-state index contributed by atoms with van der Waals surface area (Å²) in [5.41, 5.74) is 9.36. The van der Waals surface area contributed by atoms with E-state index in [4.69, 9.17) is 9.97 Å². The third-order valence-electron chi connectivity index (χ3n) is 7.67. The molecule has 186 valence electrons. The van der Waals surface area contributed by atoms with Gasteiger partial charge in [-0.15, -0.1) is 0 Å². The summed E-state index contributed by atoms with van der Waals surface area (Å²) in [6.45, 7) is 0. The van der Waals surface area contributed by atoms with Crippen LogP contribution in [0.2, 0.25) is 0 Å². The van der Waals surface area contributed by atoms with Gasteiger partial charge in [-0.05, 0) is 52.9 Å². The molecular weight excluding hydrogens is 486 g/mol. The maximum atomic E-state index is 5.16. The summed E-state index contributed by atoms with van der Waals surface area (Å²) in [5, 5.41) is 5.64. The molecule has 0 spiro atoms. The first-order valence-corrected chi connectivity index (χ1v) is 13.4. The number of nitrogens with zero attached hydrogens (tertiary/aromatic N) is 3. The Balaban J connectivity index is 1.25. The summed E-state index contributed by atoms with van der Waals surface area (Å²) in [4.78, 5) is 14.9. The fourth-order valence-electron chi connectivity index (χ4n) is 5.64. The molecule has 0 N–H and O–H groups in total. The summed E-state index contributed by atoms with van der Waals surface area (Å²) < 4.78 is 0. The van der Waals surface area contributed by atoms with Crippen LogP contribution in [0.5, 0.6) is 0 Å². The van der Waals surface area contributed by atoms with E-state index in [-0.39, 0.29) is 0 Å². The van der Waals surface area contributed by atoms with Gasteiger partial charge in [0.15, 0.2) is 0 Å². The second-order valence-corrected chi connectivity index (χ2v) is 10.1. The van der Waals surface area contributed by atoms with Crippen LogP contribution in [0.4, 0.5) is 0 Å². The van der Waals surface area contributed by atoms with Crippen molar-refractivity contribution in [2.45, 2.75) is 0 Å². The Hall–Kier alpha value is -5.41. The average Bonchev–Trinajstić information content (AvgIpc) is 3.03. The zero-order chi connectivity index (χ0) is 26.5. The Bertz CT molecular complexity index is 2220. The first kappa shape index (κ1) is 22.6. The van der Waals surface area contributed by atoms with E-state index in [1.807, 2.05) is 18.3 Å². The standard InChI is InChI=1S/C37H23N3/c1-2-7-24(8-3-1)27-14-12-25-16-18-33(39-35(25)22-27)28-15-13-26-17-19-34(40-36(26)23-28)32-21-29-9-6-20-38-37(29)31-11-5-4-10-30(31)32/h1-23H. The van der Waals surface area contributed by atoms with Gasteiger partial charge in [-0.2, -0.15) is 0 Å². The van der Waals surface area contributed by atoms with Crippen LogP contribution in [0.15, 0.2) is 140 Å². The predicted octanol–water partition coefficient (Wildman–Crippen LogP) is 9.49. The van der Waals surface area contributed by atoms with Gasteiger partial charge >= 0.3 is 0 Å². The largest absolute Gasteiger partial charge is 0.256 e. The van der Waals surface area contributed by atoms with Crippen LogP contribution >= 0.6 is 0 Å². The van der Waals surface area contributed by atoms with Gasteiger partial charge in [-0.25, -0.2) is 9.97 Å². The van der Waals surface area contributed by atoms with Gasteiger partial charge in [0.2, 0.25) is 0 Å². The van der Waals surface area contributed by atoms with Crippen molar-refractivity contribution in [1.82, 2.24) is 15.0 Å². The molecule has 0 atom stereocenters. The van der Waals surface area contributed by atoms with Crippen LogP contribution in [0.25, 0.3) is 77.1 Å². The quantitative estimate of drug-likeness (QED) is 0.223. The van der Waals surface area contributed by atoms with Crippen LogP contribution in [0.1, 0.15) is 0 Å². The van der Waals surface area contributed by atoms with E-state index in [9.17, 15) is 0 Å². The Labute approximate surface area is 231 Å². The smallest absolute Gasteiger partial charge is 0.0780 e. The Kier molecular flexibility index (Phi) is 5.14. The molecule has 40 heavy (non-hydrogen) atoms. The van der Waals surface area contributed by atoms with Gasteiger partial charge in [0.1, 0.15) is 0 Å². The minimum atomic E-state index is 0.939. The molecule has 3 heterocycles. The fraction of sp³-hybridized carbons (Fsp3) is 0. The van der Waals surface area contributed by atoms with Crippen LogP contribution in [-0.2, 0) is 0 Å². The number of hydrogen-bond donors (Lipinski definition) is 0. The van der Waals surface area contributed by atoms with Crippen molar-refractivity contribution in [1.29, 1.82) is 0 Å². The highest BCUT2D eigenvalue weighted by Crippen LogP contribution is 2.34. The van der Waals surface area contributed by atoms with Crippen LogP contribution in [0, 0.1) is 0 Å². The van der Waals surface area contributed by atoms with Gasteiger partial charge in [0, 0.05) is 38.9 Å². The molecule has 0 amide bonds. The summed E-state index contributed by atoms with van der Waals surface area (Å²) >= 11 is 0. The summed E-state index contributed by atoms with van der Waals surface area (Å²) in [6.07, 6.45) is 1.85. The minimum Gasteiger partial charge on any atom is -0.256 e. The summed E-state index contributed by atoms with van der Waals surface area (Å²) in [7, 11) is 0. The highest BCUT2D eigenvalue weighted by Gasteiger charge is 2.12. The molecule has 3 aromatic heterocycles. The maximum absolute atomic E-state index is 5.16. The SMILES string of the molecule is c1ccc(-c2ccc3ccc(-c4ccc5ccc(-c6cc7cccnc7c7ccccc67)nc5c4)nc3c2)cc1. The molecule has 3 nitrogen and oxygen atoms in total. The first-order valence-electron chi connectivity index (χ1n) is 13.4. The molecule has 0 fully saturated rings. The molecule has 0 aliphatic carbocycles. The highest BCUT2D eigenvalue weighted by molar-refractivity contribution is 6.12. The molecule has 8 rings (SSSR count). The molecule has 0 aliphatic rings. The molecule has 0 unspecified atom stereocenters. The molecule has 0 aliphatic heterocycles.